The number of sulfonamides is 1. The second-order valence-corrected chi connectivity index (χ2v) is 7.54. The lowest BCUT2D eigenvalue weighted by Gasteiger charge is -2.23. The first kappa shape index (κ1) is 20.1. The van der Waals surface area contributed by atoms with E-state index in [1.165, 1.54) is 31.3 Å². The van der Waals surface area contributed by atoms with E-state index >= 15 is 0 Å². The molecular formula is C16H24N2O5S. The summed E-state index contributed by atoms with van der Waals surface area (Å²) in [6.45, 7) is 5.43. The molecule has 0 atom stereocenters. The number of amides is 1. The van der Waals surface area contributed by atoms with Gasteiger partial charge in [0.05, 0.1) is 11.5 Å². The predicted molar refractivity (Wildman–Crippen MR) is 90.1 cm³/mol. The van der Waals surface area contributed by atoms with Gasteiger partial charge >= 0.3 is 5.97 Å². The van der Waals surface area contributed by atoms with E-state index in [2.05, 4.69) is 5.32 Å². The van der Waals surface area contributed by atoms with E-state index in [9.17, 15) is 18.0 Å². The van der Waals surface area contributed by atoms with Crippen LogP contribution in [0.15, 0.2) is 29.2 Å². The molecule has 0 radical (unpaired) electrons. The molecule has 1 N–H and O–H groups in total. The van der Waals surface area contributed by atoms with E-state index in [-0.39, 0.29) is 36.4 Å². The van der Waals surface area contributed by atoms with Crippen molar-refractivity contribution in [2.45, 2.75) is 25.7 Å². The third kappa shape index (κ3) is 5.31. The van der Waals surface area contributed by atoms with Crippen molar-refractivity contribution in [3.05, 3.63) is 29.8 Å². The summed E-state index contributed by atoms with van der Waals surface area (Å²) in [5.74, 6) is -0.854. The van der Waals surface area contributed by atoms with Gasteiger partial charge in [-0.05, 0) is 37.1 Å². The van der Waals surface area contributed by atoms with Crippen molar-refractivity contribution >= 4 is 21.9 Å². The average Bonchev–Trinajstić information content (AvgIpc) is 2.53. The van der Waals surface area contributed by atoms with Crippen molar-refractivity contribution in [1.29, 1.82) is 0 Å². The number of nitrogens with zero attached hydrogens (tertiary/aromatic N) is 1. The van der Waals surface area contributed by atoms with Gasteiger partial charge in [0.1, 0.15) is 6.54 Å². The van der Waals surface area contributed by atoms with Crippen LogP contribution in [-0.4, -0.2) is 51.3 Å². The van der Waals surface area contributed by atoms with Gasteiger partial charge in [-0.1, -0.05) is 13.8 Å². The van der Waals surface area contributed by atoms with Gasteiger partial charge in [0.15, 0.2) is 0 Å². The Morgan fingerprint density at radius 1 is 1.21 bits per heavy atom. The van der Waals surface area contributed by atoms with Crippen LogP contribution in [0.25, 0.3) is 0 Å². The van der Waals surface area contributed by atoms with Crippen LogP contribution in [0.1, 0.15) is 31.1 Å². The first-order valence-corrected chi connectivity index (χ1v) is 9.14. The third-order valence-corrected chi connectivity index (χ3v) is 4.99. The van der Waals surface area contributed by atoms with Gasteiger partial charge in [-0.3, -0.25) is 9.59 Å². The highest BCUT2D eigenvalue weighted by atomic mass is 32.2. The van der Waals surface area contributed by atoms with Crippen molar-refractivity contribution in [3.63, 3.8) is 0 Å². The van der Waals surface area contributed by atoms with Crippen LogP contribution in [0.4, 0.5) is 0 Å². The summed E-state index contributed by atoms with van der Waals surface area (Å²) in [7, 11) is -2.36. The van der Waals surface area contributed by atoms with Gasteiger partial charge in [-0.2, -0.15) is 4.31 Å². The first-order valence-electron chi connectivity index (χ1n) is 7.70. The molecule has 134 valence electrons. The largest absolute Gasteiger partial charge is 0.465 e. The molecule has 0 aliphatic rings. The van der Waals surface area contributed by atoms with E-state index in [1.54, 1.807) is 6.92 Å². The van der Waals surface area contributed by atoms with Crippen LogP contribution < -0.4 is 5.32 Å². The number of nitrogens with one attached hydrogen (secondary N) is 1. The van der Waals surface area contributed by atoms with E-state index < -0.39 is 16.0 Å². The third-order valence-electron chi connectivity index (χ3n) is 3.16. The number of carbonyl (C=O) groups excluding carboxylic acids is 2. The second kappa shape index (κ2) is 8.79. The molecule has 0 aliphatic carbocycles. The Hall–Kier alpha value is -1.93. The number of hydrogen-bond donors (Lipinski definition) is 1. The summed E-state index contributed by atoms with van der Waals surface area (Å²) < 4.78 is 31.5. The van der Waals surface area contributed by atoms with Crippen LogP contribution in [0, 0.1) is 5.92 Å². The lowest BCUT2D eigenvalue weighted by atomic mass is 10.2. The maximum Gasteiger partial charge on any atom is 0.321 e. The number of ether oxygens (including phenoxy) is 1. The molecule has 0 heterocycles. The SMILES string of the molecule is CCOC(=O)CN(CC(C)C)S(=O)(=O)c1ccc(C(=O)NC)cc1. The van der Waals surface area contributed by atoms with Gasteiger partial charge in [0.2, 0.25) is 10.0 Å². The molecule has 7 nitrogen and oxygen atoms in total. The minimum Gasteiger partial charge on any atom is -0.465 e. The topological polar surface area (TPSA) is 92.8 Å². The minimum absolute atomic E-state index is 0.0279. The number of esters is 1. The van der Waals surface area contributed by atoms with Gasteiger partial charge in [-0.25, -0.2) is 8.42 Å². The Bertz CT molecular complexity index is 668. The Labute approximate surface area is 143 Å². The zero-order chi connectivity index (χ0) is 18.3. The van der Waals surface area contributed by atoms with Crippen LogP contribution in [0.2, 0.25) is 0 Å². The molecule has 0 saturated heterocycles. The normalized spacial score (nSPS) is 11.6. The lowest BCUT2D eigenvalue weighted by Crippen LogP contribution is -2.38. The molecular weight excluding hydrogens is 332 g/mol. The van der Waals surface area contributed by atoms with E-state index in [4.69, 9.17) is 4.74 Å². The molecule has 1 aromatic rings. The zero-order valence-electron chi connectivity index (χ0n) is 14.4. The van der Waals surface area contributed by atoms with Gasteiger partial charge in [-0.15, -0.1) is 0 Å². The highest BCUT2D eigenvalue weighted by Gasteiger charge is 2.28. The average molecular weight is 356 g/mol. The van der Waals surface area contributed by atoms with E-state index in [0.717, 1.165) is 4.31 Å². The fourth-order valence-electron chi connectivity index (χ4n) is 2.08. The molecule has 1 rings (SSSR count). The van der Waals surface area contributed by atoms with E-state index in [0.29, 0.717) is 5.56 Å². The Morgan fingerprint density at radius 2 is 1.79 bits per heavy atom. The maximum absolute atomic E-state index is 12.8. The zero-order valence-corrected chi connectivity index (χ0v) is 15.2. The molecule has 24 heavy (non-hydrogen) atoms. The summed E-state index contributed by atoms with van der Waals surface area (Å²) in [6.07, 6.45) is 0. The first-order chi connectivity index (χ1) is 11.2. The molecule has 0 aromatic heterocycles. The lowest BCUT2D eigenvalue weighted by molar-refractivity contribution is -0.143. The van der Waals surface area contributed by atoms with Gasteiger partial charge < -0.3 is 10.1 Å². The van der Waals surface area contributed by atoms with Crippen LogP contribution >= 0.6 is 0 Å². The summed E-state index contributed by atoms with van der Waals surface area (Å²) in [5.41, 5.74) is 0.359. The van der Waals surface area contributed by atoms with E-state index in [1.807, 2.05) is 13.8 Å². The number of carbonyl (C=O) groups is 2. The Balaban J connectivity index is 3.10. The summed E-state index contributed by atoms with van der Waals surface area (Å²) in [6, 6.07) is 5.59. The molecule has 0 bridgehead atoms. The van der Waals surface area contributed by atoms with Gasteiger partial charge in [0.25, 0.3) is 5.91 Å². The van der Waals surface area contributed by atoms with Crippen molar-refractivity contribution in [2.24, 2.45) is 5.92 Å². The van der Waals surface area contributed by atoms with Gasteiger partial charge in [0, 0.05) is 19.2 Å². The predicted octanol–water partition coefficient (Wildman–Crippen LogP) is 1.26. The van der Waals surface area contributed by atoms with Crippen molar-refractivity contribution in [1.82, 2.24) is 9.62 Å². The number of rotatable bonds is 8. The molecule has 0 aliphatic heterocycles. The highest BCUT2D eigenvalue weighted by Crippen LogP contribution is 2.18. The highest BCUT2D eigenvalue weighted by molar-refractivity contribution is 7.89. The molecule has 0 saturated carbocycles. The fourth-order valence-corrected chi connectivity index (χ4v) is 3.63. The maximum atomic E-state index is 12.8. The van der Waals surface area contributed by atoms with Crippen molar-refractivity contribution < 1.29 is 22.7 Å². The summed E-state index contributed by atoms with van der Waals surface area (Å²) in [5, 5.41) is 2.47. The number of hydrogen-bond acceptors (Lipinski definition) is 5. The Morgan fingerprint density at radius 3 is 2.25 bits per heavy atom. The van der Waals surface area contributed by atoms with Crippen molar-refractivity contribution in [3.8, 4) is 0 Å². The molecule has 0 fully saturated rings. The van der Waals surface area contributed by atoms with Crippen LogP contribution in [-0.2, 0) is 19.6 Å². The fraction of sp³-hybridized carbons (Fsp3) is 0.500. The second-order valence-electron chi connectivity index (χ2n) is 5.60. The molecule has 0 unspecified atom stereocenters. The molecule has 1 aromatic carbocycles. The quantitative estimate of drug-likeness (QED) is 0.708. The Kier molecular flexibility index (Phi) is 7.37. The molecule has 1 amide bonds. The van der Waals surface area contributed by atoms with Crippen LogP contribution in [0.5, 0.6) is 0 Å². The summed E-state index contributed by atoms with van der Waals surface area (Å²) in [4.78, 5) is 23.3. The smallest absolute Gasteiger partial charge is 0.321 e. The van der Waals surface area contributed by atoms with Crippen molar-refractivity contribution in [2.75, 3.05) is 26.7 Å². The number of benzene rings is 1. The minimum atomic E-state index is -3.86. The van der Waals surface area contributed by atoms with Crippen LogP contribution in [0.3, 0.4) is 0 Å². The molecule has 8 heteroatoms. The molecule has 0 spiro atoms. The summed E-state index contributed by atoms with van der Waals surface area (Å²) >= 11 is 0. The standard InChI is InChI=1S/C16H24N2O5S/c1-5-23-15(19)11-18(10-12(2)3)24(21,22)14-8-6-13(7-9-14)16(20)17-4/h6-9,12H,5,10-11H2,1-4H3,(H,17,20). The monoisotopic (exact) mass is 356 g/mol.